The number of carbonyl (C=O) groups is 2. The van der Waals surface area contributed by atoms with Crippen LogP contribution in [0, 0.1) is 0 Å². The second kappa shape index (κ2) is 18.3. The summed E-state index contributed by atoms with van der Waals surface area (Å²) < 4.78 is 0. The van der Waals surface area contributed by atoms with Gasteiger partial charge in [-0.2, -0.15) is 0 Å². The van der Waals surface area contributed by atoms with Gasteiger partial charge in [0.15, 0.2) is 0 Å². The van der Waals surface area contributed by atoms with Crippen LogP contribution in [-0.2, 0) is 9.59 Å². The minimum Gasteiger partial charge on any atom is -0.550 e. The Morgan fingerprint density at radius 1 is 1.07 bits per heavy atom. The molecule has 0 unspecified atom stereocenters. The van der Waals surface area contributed by atoms with E-state index in [1.54, 1.807) is 0 Å². The van der Waals surface area contributed by atoms with Crippen molar-refractivity contribution in [2.24, 2.45) is 5.73 Å². The molecule has 0 aliphatic carbocycles. The van der Waals surface area contributed by atoms with Crippen LogP contribution in [0.15, 0.2) is 0 Å². The van der Waals surface area contributed by atoms with Gasteiger partial charge in [-0.3, -0.25) is 0 Å². The number of carboxylic acids is 2. The zero-order valence-corrected chi connectivity index (χ0v) is 8.62. The molecule has 0 aromatic rings. The summed E-state index contributed by atoms with van der Waals surface area (Å²) in [7, 11) is 0. The molecule has 84 valence electrons. The number of carbonyl (C=O) groups excluding carboxylic acids is 2. The average Bonchev–Trinajstić information content (AvgIpc) is 1.63. The largest absolute Gasteiger partial charge is 2.00 e. The van der Waals surface area contributed by atoms with Crippen molar-refractivity contribution in [2.75, 3.05) is 0 Å². The van der Waals surface area contributed by atoms with E-state index in [0.717, 1.165) is 0 Å². The first-order valence-electron chi connectivity index (χ1n) is 2.20. The second-order valence-corrected chi connectivity index (χ2v) is 1.50. The molecule has 0 aromatic carbocycles. The third-order valence-corrected chi connectivity index (χ3v) is 0.689. The van der Waals surface area contributed by atoms with Gasteiger partial charge >= 0.3 is 23.1 Å². The zero-order chi connectivity index (χ0) is 7.44. The summed E-state index contributed by atoms with van der Waals surface area (Å²) in [5.41, 5.74) is 4.73. The van der Waals surface area contributed by atoms with E-state index in [-0.39, 0.29) is 45.0 Å². The van der Waals surface area contributed by atoms with E-state index < -0.39 is 24.4 Å². The van der Waals surface area contributed by atoms with Crippen LogP contribution in [0.25, 0.3) is 0 Å². The van der Waals surface area contributed by atoms with E-state index >= 15 is 0 Å². The maximum absolute atomic E-state index is 9.71. The molecule has 0 fully saturated rings. The summed E-state index contributed by atoms with van der Waals surface area (Å²) in [6.45, 7) is 0. The number of carboxylic acid groups (broad SMARTS) is 2. The van der Waals surface area contributed by atoms with E-state index in [1.807, 2.05) is 0 Å². The number of aliphatic carboxylic acids is 2. The summed E-state index contributed by atoms with van der Waals surface area (Å²) in [6.07, 6.45) is -0.706. The molecule has 0 saturated heterocycles. The molecule has 0 saturated carbocycles. The Balaban J connectivity index is -0.0000000320. The molecule has 14 heavy (non-hydrogen) atoms. The van der Waals surface area contributed by atoms with Crippen molar-refractivity contribution in [3.05, 3.63) is 0 Å². The average molecular weight is 227 g/mol. The van der Waals surface area contributed by atoms with Crippen LogP contribution in [-0.4, -0.2) is 62.9 Å². The summed E-state index contributed by atoms with van der Waals surface area (Å²) in [5.74, 6) is -3.08. The Bertz CT molecular complexity index is 141. The van der Waals surface area contributed by atoms with E-state index in [4.69, 9.17) is 5.73 Å². The number of rotatable bonds is 3. The molecule has 10 heteroatoms. The van der Waals surface area contributed by atoms with Gasteiger partial charge < -0.3 is 47.4 Å². The standard InChI is InChI=1S/C4H7NO4.Mg.4H2O/c5-2(4(8)9)1-3(6)7;;;;;/h2H,1,5H2,(H,6,7)(H,8,9);;4*1H2/q;+2;;;;/p-2/t2-;;;;;/m1...../s1. The minimum atomic E-state index is -1.58. The molecule has 0 heterocycles. The smallest absolute Gasteiger partial charge is 0.550 e. The third-order valence-electron chi connectivity index (χ3n) is 0.689. The maximum Gasteiger partial charge on any atom is 2.00 e. The fourth-order valence-corrected chi connectivity index (χ4v) is 0.263. The van der Waals surface area contributed by atoms with Crippen LogP contribution in [0.1, 0.15) is 6.42 Å². The maximum atomic E-state index is 9.71. The van der Waals surface area contributed by atoms with E-state index in [0.29, 0.717) is 0 Å². The van der Waals surface area contributed by atoms with Crippen LogP contribution in [0.5, 0.6) is 0 Å². The van der Waals surface area contributed by atoms with Crippen molar-refractivity contribution in [3.63, 3.8) is 0 Å². The normalized spacial score (nSPS) is 8.07. The third kappa shape index (κ3) is 22.5. The molecule has 9 nitrogen and oxygen atoms in total. The quantitative estimate of drug-likeness (QED) is 0.461. The van der Waals surface area contributed by atoms with Gasteiger partial charge in [-0.05, 0) is 0 Å². The van der Waals surface area contributed by atoms with Crippen molar-refractivity contribution >= 4 is 35.0 Å². The topological polar surface area (TPSA) is 232 Å². The van der Waals surface area contributed by atoms with Gasteiger partial charge in [0.2, 0.25) is 0 Å². The minimum absolute atomic E-state index is 0. The Morgan fingerprint density at radius 3 is 1.43 bits per heavy atom. The van der Waals surface area contributed by atoms with Crippen LogP contribution < -0.4 is 15.9 Å². The van der Waals surface area contributed by atoms with Crippen molar-refractivity contribution in [1.82, 2.24) is 0 Å². The SMILES string of the molecule is N[C@H](CC(=O)[O-])C(=O)[O-].O.O.O.O.[Mg+2]. The first kappa shape index (κ1) is 37.5. The molecule has 0 aliphatic rings. The number of hydrogen-bond acceptors (Lipinski definition) is 5. The van der Waals surface area contributed by atoms with Gasteiger partial charge in [0.05, 0.1) is 5.97 Å². The predicted molar refractivity (Wildman–Crippen MR) is 42.8 cm³/mol. The molecular formula is C4H13MgNO8. The van der Waals surface area contributed by atoms with Gasteiger partial charge in [0, 0.05) is 18.4 Å². The molecule has 0 aliphatic heterocycles. The van der Waals surface area contributed by atoms with E-state index in [2.05, 4.69) is 0 Å². The molecule has 0 bridgehead atoms. The second-order valence-electron chi connectivity index (χ2n) is 1.50. The summed E-state index contributed by atoms with van der Waals surface area (Å²) >= 11 is 0. The van der Waals surface area contributed by atoms with Gasteiger partial charge in [-0.1, -0.05) is 0 Å². The molecule has 0 radical (unpaired) electrons. The van der Waals surface area contributed by atoms with Crippen LogP contribution >= 0.6 is 0 Å². The molecule has 0 rings (SSSR count). The number of nitrogens with two attached hydrogens (primary N) is 1. The molecule has 0 spiro atoms. The Hall–Kier alpha value is -0.494. The number of hydrogen-bond donors (Lipinski definition) is 1. The molecule has 0 aromatic heterocycles. The molecule has 1 atom stereocenters. The van der Waals surface area contributed by atoms with Crippen LogP contribution in [0.3, 0.4) is 0 Å². The zero-order valence-electron chi connectivity index (χ0n) is 7.20. The van der Waals surface area contributed by atoms with Crippen molar-refractivity contribution in [1.29, 1.82) is 0 Å². The summed E-state index contributed by atoms with van der Waals surface area (Å²) in [5, 5.41) is 19.3. The van der Waals surface area contributed by atoms with E-state index in [9.17, 15) is 19.8 Å². The van der Waals surface area contributed by atoms with Gasteiger partial charge in [0.1, 0.15) is 0 Å². The Labute approximate surface area is 95.3 Å². The molecular weight excluding hydrogens is 214 g/mol. The van der Waals surface area contributed by atoms with Crippen LogP contribution in [0.4, 0.5) is 0 Å². The fourth-order valence-electron chi connectivity index (χ4n) is 0.263. The fraction of sp³-hybridized carbons (Fsp3) is 0.500. The molecule has 10 N–H and O–H groups in total. The Morgan fingerprint density at radius 2 is 1.36 bits per heavy atom. The predicted octanol–water partition coefficient (Wildman–Crippen LogP) is -7.48. The van der Waals surface area contributed by atoms with E-state index in [1.165, 1.54) is 0 Å². The van der Waals surface area contributed by atoms with Crippen molar-refractivity contribution < 1.29 is 41.7 Å². The van der Waals surface area contributed by atoms with Gasteiger partial charge in [-0.15, -0.1) is 0 Å². The molecule has 0 amide bonds. The monoisotopic (exact) mass is 227 g/mol. The van der Waals surface area contributed by atoms with Crippen molar-refractivity contribution in [2.45, 2.75) is 12.5 Å². The first-order chi connectivity index (χ1) is 4.04. The first-order valence-corrected chi connectivity index (χ1v) is 2.20. The Kier molecular flexibility index (Phi) is 49.1. The van der Waals surface area contributed by atoms with Gasteiger partial charge in [-0.25, -0.2) is 0 Å². The van der Waals surface area contributed by atoms with Gasteiger partial charge in [0.25, 0.3) is 0 Å². The summed E-state index contributed by atoms with van der Waals surface area (Å²) in [6, 6.07) is -1.46. The van der Waals surface area contributed by atoms with Crippen molar-refractivity contribution in [3.8, 4) is 0 Å². The summed E-state index contributed by atoms with van der Waals surface area (Å²) in [4.78, 5) is 19.3. The van der Waals surface area contributed by atoms with Crippen LogP contribution in [0.2, 0.25) is 0 Å².